The van der Waals surface area contributed by atoms with E-state index in [0.717, 1.165) is 34.5 Å². The Labute approximate surface area is 198 Å². The topological polar surface area (TPSA) is 69.0 Å². The number of rotatable bonds is 9. The molecule has 1 heterocycles. The first kappa shape index (κ1) is 22.9. The molecule has 0 bridgehead atoms. The Morgan fingerprint density at radius 3 is 2.55 bits per heavy atom. The zero-order valence-corrected chi connectivity index (χ0v) is 19.9. The van der Waals surface area contributed by atoms with Gasteiger partial charge in [-0.15, -0.1) is 10.2 Å². The number of aryl methyl sites for hydroxylation is 1. The van der Waals surface area contributed by atoms with Crippen LogP contribution in [0, 0.1) is 0 Å². The number of hydrogen-bond donors (Lipinski definition) is 1. The van der Waals surface area contributed by atoms with Gasteiger partial charge < -0.3 is 14.6 Å². The Balaban J connectivity index is 1.40. The van der Waals surface area contributed by atoms with Gasteiger partial charge in [0.2, 0.25) is 5.91 Å². The molecule has 6 nitrogen and oxygen atoms in total. The molecule has 1 unspecified atom stereocenters. The van der Waals surface area contributed by atoms with Crippen LogP contribution in [0.2, 0.25) is 0 Å². The Hall–Kier alpha value is -3.32. The standard InChI is InChI=1S/C26H28N4O2S/c1-4-19-13-15-21(16-14-19)32-18(3)25-28-29-26(30(25)5-2)33-17-24(31)27-23-12-8-10-20-9-6-7-11-22(20)23/h6-16,18H,4-5,17H2,1-3H3,(H,27,31). The van der Waals surface area contributed by atoms with Crippen molar-refractivity contribution in [3.63, 3.8) is 0 Å². The van der Waals surface area contributed by atoms with E-state index in [9.17, 15) is 4.79 Å². The van der Waals surface area contributed by atoms with Gasteiger partial charge in [-0.05, 0) is 49.4 Å². The molecular weight excluding hydrogens is 432 g/mol. The summed E-state index contributed by atoms with van der Waals surface area (Å²) in [5, 5.41) is 14.5. The Morgan fingerprint density at radius 2 is 1.79 bits per heavy atom. The van der Waals surface area contributed by atoms with Crippen LogP contribution in [0.1, 0.15) is 38.3 Å². The lowest BCUT2D eigenvalue weighted by Crippen LogP contribution is -2.15. The number of thioether (sulfide) groups is 1. The number of fused-ring (bicyclic) bond motifs is 1. The molecule has 0 aliphatic heterocycles. The van der Waals surface area contributed by atoms with Crippen LogP contribution in [0.15, 0.2) is 71.9 Å². The largest absolute Gasteiger partial charge is 0.483 e. The first-order valence-corrected chi connectivity index (χ1v) is 12.2. The highest BCUT2D eigenvalue weighted by atomic mass is 32.2. The van der Waals surface area contributed by atoms with Gasteiger partial charge in [-0.2, -0.15) is 0 Å². The Morgan fingerprint density at radius 1 is 1.03 bits per heavy atom. The van der Waals surface area contributed by atoms with Crippen LogP contribution >= 0.6 is 11.8 Å². The van der Waals surface area contributed by atoms with Crippen LogP contribution in [0.4, 0.5) is 5.69 Å². The SMILES string of the molecule is CCc1ccc(OC(C)c2nnc(SCC(=O)Nc3cccc4ccccc34)n2CC)cc1. The molecule has 0 radical (unpaired) electrons. The Kier molecular flexibility index (Phi) is 7.29. The maximum Gasteiger partial charge on any atom is 0.234 e. The summed E-state index contributed by atoms with van der Waals surface area (Å²) in [6.45, 7) is 6.82. The normalized spacial score (nSPS) is 12.0. The highest BCUT2D eigenvalue weighted by molar-refractivity contribution is 7.99. The molecule has 7 heteroatoms. The van der Waals surface area contributed by atoms with E-state index in [-0.39, 0.29) is 17.8 Å². The molecule has 4 aromatic rings. The summed E-state index contributed by atoms with van der Waals surface area (Å²) in [6, 6.07) is 22.0. The van der Waals surface area contributed by atoms with E-state index in [2.05, 4.69) is 34.6 Å². The van der Waals surface area contributed by atoms with Gasteiger partial charge in [-0.25, -0.2) is 0 Å². The van der Waals surface area contributed by atoms with Gasteiger partial charge in [0, 0.05) is 17.6 Å². The summed E-state index contributed by atoms with van der Waals surface area (Å²) in [6.07, 6.45) is 0.734. The fourth-order valence-corrected chi connectivity index (χ4v) is 4.53. The fourth-order valence-electron chi connectivity index (χ4n) is 3.72. The van der Waals surface area contributed by atoms with Crippen molar-refractivity contribution >= 4 is 34.1 Å². The molecule has 0 aliphatic rings. The van der Waals surface area contributed by atoms with E-state index in [0.29, 0.717) is 11.7 Å². The lowest BCUT2D eigenvalue weighted by Gasteiger charge is -2.16. The number of amides is 1. The molecular formula is C26H28N4O2S. The minimum Gasteiger partial charge on any atom is -0.483 e. The summed E-state index contributed by atoms with van der Waals surface area (Å²) in [4.78, 5) is 12.6. The van der Waals surface area contributed by atoms with Crippen LogP contribution in [0.25, 0.3) is 10.8 Å². The third-order valence-corrected chi connectivity index (χ3v) is 6.43. The number of hydrogen-bond acceptors (Lipinski definition) is 5. The molecule has 0 fully saturated rings. The van der Waals surface area contributed by atoms with Crippen LogP contribution in [-0.4, -0.2) is 26.4 Å². The summed E-state index contributed by atoms with van der Waals surface area (Å²) < 4.78 is 8.09. The Bertz CT molecular complexity index is 1230. The summed E-state index contributed by atoms with van der Waals surface area (Å²) in [5.74, 6) is 1.71. The number of carbonyl (C=O) groups excluding carboxylic acids is 1. The second-order valence-corrected chi connectivity index (χ2v) is 8.65. The number of anilines is 1. The zero-order chi connectivity index (χ0) is 23.2. The van der Waals surface area contributed by atoms with Gasteiger partial charge in [-0.3, -0.25) is 4.79 Å². The maximum absolute atomic E-state index is 12.6. The van der Waals surface area contributed by atoms with Gasteiger partial charge in [0.05, 0.1) is 5.75 Å². The number of aromatic nitrogens is 3. The lowest BCUT2D eigenvalue weighted by atomic mass is 10.1. The van der Waals surface area contributed by atoms with Gasteiger partial charge in [0.15, 0.2) is 17.1 Å². The average Bonchev–Trinajstić information content (AvgIpc) is 3.26. The van der Waals surface area contributed by atoms with Gasteiger partial charge in [0.25, 0.3) is 0 Å². The van der Waals surface area contributed by atoms with Gasteiger partial charge >= 0.3 is 0 Å². The van der Waals surface area contributed by atoms with Gasteiger partial charge in [0.1, 0.15) is 5.75 Å². The second kappa shape index (κ2) is 10.5. The van der Waals surface area contributed by atoms with Crippen molar-refractivity contribution in [2.75, 3.05) is 11.1 Å². The minimum atomic E-state index is -0.260. The van der Waals surface area contributed by atoms with Crippen molar-refractivity contribution in [3.8, 4) is 5.75 Å². The molecule has 0 aliphatic carbocycles. The van der Waals surface area contributed by atoms with Crippen molar-refractivity contribution in [2.45, 2.75) is 45.0 Å². The highest BCUT2D eigenvalue weighted by Gasteiger charge is 2.19. The third kappa shape index (κ3) is 5.37. The number of ether oxygens (including phenoxy) is 1. The summed E-state index contributed by atoms with van der Waals surface area (Å²) in [5.41, 5.74) is 2.08. The van der Waals surface area contributed by atoms with Crippen LogP contribution < -0.4 is 10.1 Å². The minimum absolute atomic E-state index is 0.0798. The predicted octanol–water partition coefficient (Wildman–Crippen LogP) is 5.88. The molecule has 4 rings (SSSR count). The zero-order valence-electron chi connectivity index (χ0n) is 19.1. The molecule has 1 aromatic heterocycles. The quantitative estimate of drug-likeness (QED) is 0.316. The van der Waals surface area contributed by atoms with E-state index < -0.39 is 0 Å². The molecule has 33 heavy (non-hydrogen) atoms. The monoisotopic (exact) mass is 460 g/mol. The number of nitrogens with zero attached hydrogens (tertiary/aromatic N) is 3. The van der Waals surface area contributed by atoms with E-state index in [1.54, 1.807) is 0 Å². The molecule has 0 saturated heterocycles. The molecule has 1 N–H and O–H groups in total. The maximum atomic E-state index is 12.6. The molecule has 1 amide bonds. The predicted molar refractivity (Wildman–Crippen MR) is 134 cm³/mol. The first-order chi connectivity index (χ1) is 16.1. The summed E-state index contributed by atoms with van der Waals surface area (Å²) in [7, 11) is 0. The lowest BCUT2D eigenvalue weighted by molar-refractivity contribution is -0.113. The molecule has 170 valence electrons. The van der Waals surface area contributed by atoms with Crippen LogP contribution in [0.5, 0.6) is 5.75 Å². The number of carbonyl (C=O) groups is 1. The van der Waals surface area contributed by atoms with Crippen LogP contribution in [0.3, 0.4) is 0 Å². The van der Waals surface area contributed by atoms with E-state index >= 15 is 0 Å². The van der Waals surface area contributed by atoms with Crippen molar-refractivity contribution in [1.29, 1.82) is 0 Å². The molecule has 0 saturated carbocycles. The number of benzene rings is 3. The highest BCUT2D eigenvalue weighted by Crippen LogP contribution is 2.26. The van der Waals surface area contributed by atoms with E-state index in [4.69, 9.17) is 4.74 Å². The van der Waals surface area contributed by atoms with Crippen molar-refractivity contribution in [2.24, 2.45) is 0 Å². The van der Waals surface area contributed by atoms with Crippen molar-refractivity contribution in [3.05, 3.63) is 78.1 Å². The fraction of sp³-hybridized carbons (Fsp3) is 0.269. The van der Waals surface area contributed by atoms with Crippen LogP contribution in [-0.2, 0) is 17.8 Å². The smallest absolute Gasteiger partial charge is 0.234 e. The molecule has 0 spiro atoms. The first-order valence-electron chi connectivity index (χ1n) is 11.2. The number of nitrogens with one attached hydrogen (secondary N) is 1. The van der Waals surface area contributed by atoms with E-state index in [1.165, 1.54) is 17.3 Å². The second-order valence-electron chi connectivity index (χ2n) is 7.71. The third-order valence-electron chi connectivity index (χ3n) is 5.47. The van der Waals surface area contributed by atoms with Crippen molar-refractivity contribution < 1.29 is 9.53 Å². The van der Waals surface area contributed by atoms with Crippen molar-refractivity contribution in [1.82, 2.24) is 14.8 Å². The summed E-state index contributed by atoms with van der Waals surface area (Å²) >= 11 is 1.38. The average molecular weight is 461 g/mol. The molecule has 1 atom stereocenters. The van der Waals surface area contributed by atoms with Gasteiger partial charge in [-0.1, -0.05) is 67.2 Å². The van der Waals surface area contributed by atoms with E-state index in [1.807, 2.05) is 73.0 Å². The molecule has 3 aromatic carbocycles.